The molecule has 0 fully saturated rings. The zero-order valence-electron chi connectivity index (χ0n) is 8.26. The summed E-state index contributed by atoms with van der Waals surface area (Å²) in [5, 5.41) is 8.49. The maximum atomic E-state index is 13.5. The molecular formula is C10H8FN5. The Morgan fingerprint density at radius 1 is 1.50 bits per heavy atom. The lowest BCUT2D eigenvalue weighted by atomic mass is 10.3. The highest BCUT2D eigenvalue weighted by molar-refractivity contribution is 5.40. The van der Waals surface area contributed by atoms with Gasteiger partial charge in [0.15, 0.2) is 11.6 Å². The molecule has 0 spiro atoms. The summed E-state index contributed by atoms with van der Waals surface area (Å²) in [6.45, 7) is 0. The van der Waals surface area contributed by atoms with Gasteiger partial charge in [0.05, 0.1) is 30.1 Å². The first kappa shape index (κ1) is 10.1. The van der Waals surface area contributed by atoms with E-state index in [1.54, 1.807) is 6.20 Å². The molecule has 0 atom stereocenters. The fraction of sp³-hybridized carbons (Fsp3) is 0.100. The van der Waals surface area contributed by atoms with Crippen LogP contribution in [0.15, 0.2) is 24.8 Å². The summed E-state index contributed by atoms with van der Waals surface area (Å²) in [5.74, 6) is -0.410. The second-order valence-electron chi connectivity index (χ2n) is 3.18. The average molecular weight is 217 g/mol. The molecule has 0 unspecified atom stereocenters. The molecule has 0 radical (unpaired) electrons. The minimum absolute atomic E-state index is 0.117. The summed E-state index contributed by atoms with van der Waals surface area (Å²) in [5.41, 5.74) is 6.22. The number of rotatable bonds is 2. The van der Waals surface area contributed by atoms with Crippen molar-refractivity contribution >= 4 is 5.69 Å². The summed E-state index contributed by atoms with van der Waals surface area (Å²) in [4.78, 5) is 7.81. The Morgan fingerprint density at radius 2 is 2.31 bits per heavy atom. The average Bonchev–Trinajstić information content (AvgIpc) is 2.67. The standard InChI is InChI=1S/C10H8FN5/c11-9-3-7(13)4-14-10(9)16-5-8(1-2-12)15-6-16/h3-6H,1,13H2. The van der Waals surface area contributed by atoms with Crippen LogP contribution in [0.5, 0.6) is 0 Å². The fourth-order valence-electron chi connectivity index (χ4n) is 1.29. The van der Waals surface area contributed by atoms with Gasteiger partial charge in [-0.05, 0) is 0 Å². The number of nitrogens with zero attached hydrogens (tertiary/aromatic N) is 4. The Bertz CT molecular complexity index is 555. The molecule has 2 aromatic rings. The molecule has 0 aliphatic rings. The number of imidazole rings is 1. The first-order chi connectivity index (χ1) is 7.70. The van der Waals surface area contributed by atoms with E-state index >= 15 is 0 Å². The molecule has 0 aliphatic heterocycles. The van der Waals surface area contributed by atoms with Crippen molar-refractivity contribution in [2.24, 2.45) is 0 Å². The molecule has 0 aromatic carbocycles. The van der Waals surface area contributed by atoms with E-state index in [0.29, 0.717) is 5.69 Å². The number of nitrogens with two attached hydrogens (primary N) is 1. The van der Waals surface area contributed by atoms with E-state index in [4.69, 9.17) is 11.0 Å². The Morgan fingerprint density at radius 3 is 3.00 bits per heavy atom. The van der Waals surface area contributed by atoms with Gasteiger partial charge >= 0.3 is 0 Å². The van der Waals surface area contributed by atoms with Crippen LogP contribution >= 0.6 is 0 Å². The van der Waals surface area contributed by atoms with E-state index in [1.165, 1.54) is 23.2 Å². The van der Waals surface area contributed by atoms with E-state index < -0.39 is 5.82 Å². The van der Waals surface area contributed by atoms with Gasteiger partial charge in [-0.2, -0.15) is 5.26 Å². The quantitative estimate of drug-likeness (QED) is 0.815. The number of pyridine rings is 1. The van der Waals surface area contributed by atoms with Crippen molar-refractivity contribution in [1.82, 2.24) is 14.5 Å². The molecule has 2 heterocycles. The molecule has 6 heteroatoms. The maximum Gasteiger partial charge on any atom is 0.174 e. The number of aromatic nitrogens is 3. The Kier molecular flexibility index (Phi) is 2.52. The first-order valence-corrected chi connectivity index (χ1v) is 4.52. The van der Waals surface area contributed by atoms with E-state index in [9.17, 15) is 4.39 Å². The van der Waals surface area contributed by atoms with Crippen LogP contribution < -0.4 is 5.73 Å². The van der Waals surface area contributed by atoms with Crippen molar-refractivity contribution in [3.05, 3.63) is 36.3 Å². The molecule has 0 saturated carbocycles. The van der Waals surface area contributed by atoms with Gasteiger partial charge in [0, 0.05) is 12.3 Å². The number of nitriles is 1. The third kappa shape index (κ3) is 1.83. The Labute approximate surface area is 91.0 Å². The summed E-state index contributed by atoms with van der Waals surface area (Å²) in [6.07, 6.45) is 4.52. The van der Waals surface area contributed by atoms with Crippen molar-refractivity contribution in [1.29, 1.82) is 5.26 Å². The van der Waals surface area contributed by atoms with Gasteiger partial charge in [0.25, 0.3) is 0 Å². The molecular weight excluding hydrogens is 209 g/mol. The lowest BCUT2D eigenvalue weighted by molar-refractivity contribution is 0.610. The van der Waals surface area contributed by atoms with Crippen LogP contribution in [0.3, 0.4) is 0 Å². The van der Waals surface area contributed by atoms with Crippen LogP contribution in [-0.4, -0.2) is 14.5 Å². The van der Waals surface area contributed by atoms with Crippen molar-refractivity contribution in [3.63, 3.8) is 0 Å². The van der Waals surface area contributed by atoms with Gasteiger partial charge in [-0.25, -0.2) is 14.4 Å². The summed E-state index contributed by atoms with van der Waals surface area (Å²) >= 11 is 0. The van der Waals surface area contributed by atoms with Gasteiger partial charge in [-0.3, -0.25) is 4.57 Å². The van der Waals surface area contributed by atoms with Crippen LogP contribution in [0.4, 0.5) is 10.1 Å². The minimum atomic E-state index is -0.527. The normalized spacial score (nSPS) is 10.0. The van der Waals surface area contributed by atoms with Gasteiger partial charge in [-0.15, -0.1) is 0 Å². The van der Waals surface area contributed by atoms with Crippen LogP contribution in [-0.2, 0) is 6.42 Å². The summed E-state index contributed by atoms with van der Waals surface area (Å²) in [7, 11) is 0. The molecule has 80 valence electrons. The summed E-state index contributed by atoms with van der Waals surface area (Å²) in [6, 6.07) is 3.15. The van der Waals surface area contributed by atoms with E-state index in [2.05, 4.69) is 9.97 Å². The van der Waals surface area contributed by atoms with Crippen LogP contribution in [0.25, 0.3) is 5.82 Å². The largest absolute Gasteiger partial charge is 0.397 e. The third-order valence-electron chi connectivity index (χ3n) is 1.98. The molecule has 2 aromatic heterocycles. The Hall–Kier alpha value is -2.42. The molecule has 2 N–H and O–H groups in total. The van der Waals surface area contributed by atoms with E-state index in [0.717, 1.165) is 0 Å². The van der Waals surface area contributed by atoms with Crippen molar-refractivity contribution in [3.8, 4) is 11.9 Å². The van der Waals surface area contributed by atoms with E-state index in [1.807, 2.05) is 6.07 Å². The van der Waals surface area contributed by atoms with E-state index in [-0.39, 0.29) is 17.9 Å². The fourth-order valence-corrected chi connectivity index (χ4v) is 1.29. The molecule has 0 aliphatic carbocycles. The molecule has 5 nitrogen and oxygen atoms in total. The molecule has 0 bridgehead atoms. The molecule has 0 amide bonds. The Balaban J connectivity index is 2.39. The second-order valence-corrected chi connectivity index (χ2v) is 3.18. The SMILES string of the molecule is N#CCc1cn(-c2ncc(N)cc2F)cn1. The van der Waals surface area contributed by atoms with Crippen molar-refractivity contribution < 1.29 is 4.39 Å². The lowest BCUT2D eigenvalue weighted by Gasteiger charge is -2.02. The predicted molar refractivity (Wildman–Crippen MR) is 55.0 cm³/mol. The number of hydrogen-bond donors (Lipinski definition) is 1. The number of hydrogen-bond acceptors (Lipinski definition) is 4. The van der Waals surface area contributed by atoms with Crippen molar-refractivity contribution in [2.45, 2.75) is 6.42 Å². The van der Waals surface area contributed by atoms with Gasteiger partial charge in [0.1, 0.15) is 6.33 Å². The van der Waals surface area contributed by atoms with Gasteiger partial charge < -0.3 is 5.73 Å². The highest BCUT2D eigenvalue weighted by Crippen LogP contribution is 2.13. The monoisotopic (exact) mass is 217 g/mol. The van der Waals surface area contributed by atoms with Gasteiger partial charge in [-0.1, -0.05) is 0 Å². The summed E-state index contributed by atoms with van der Waals surface area (Å²) < 4.78 is 14.9. The third-order valence-corrected chi connectivity index (χ3v) is 1.98. The first-order valence-electron chi connectivity index (χ1n) is 4.52. The topological polar surface area (TPSA) is 80.5 Å². The number of anilines is 1. The zero-order valence-corrected chi connectivity index (χ0v) is 8.26. The van der Waals surface area contributed by atoms with Crippen LogP contribution in [0.1, 0.15) is 5.69 Å². The molecule has 2 rings (SSSR count). The zero-order chi connectivity index (χ0) is 11.5. The predicted octanol–water partition coefficient (Wildman–Crippen LogP) is 1.05. The lowest BCUT2D eigenvalue weighted by Crippen LogP contribution is -2.00. The highest BCUT2D eigenvalue weighted by atomic mass is 19.1. The van der Waals surface area contributed by atoms with Crippen LogP contribution in [0.2, 0.25) is 0 Å². The highest BCUT2D eigenvalue weighted by Gasteiger charge is 2.07. The molecule has 0 saturated heterocycles. The van der Waals surface area contributed by atoms with Gasteiger partial charge in [0.2, 0.25) is 0 Å². The minimum Gasteiger partial charge on any atom is -0.397 e. The number of halogens is 1. The smallest absolute Gasteiger partial charge is 0.174 e. The number of nitrogen functional groups attached to an aromatic ring is 1. The van der Waals surface area contributed by atoms with Crippen LogP contribution in [0, 0.1) is 17.1 Å². The molecule has 16 heavy (non-hydrogen) atoms. The second kappa shape index (κ2) is 3.98. The van der Waals surface area contributed by atoms with Crippen molar-refractivity contribution in [2.75, 3.05) is 5.73 Å². The maximum absolute atomic E-state index is 13.5.